The quantitative estimate of drug-likeness (QED) is 0.705. The number of aryl methyl sites for hydroxylation is 1. The summed E-state index contributed by atoms with van der Waals surface area (Å²) in [5.41, 5.74) is 9.25. The van der Waals surface area contributed by atoms with E-state index in [1.807, 2.05) is 31.2 Å². The van der Waals surface area contributed by atoms with Gasteiger partial charge < -0.3 is 5.73 Å². The summed E-state index contributed by atoms with van der Waals surface area (Å²) in [5, 5.41) is 12.5. The zero-order valence-corrected chi connectivity index (χ0v) is 13.4. The molecule has 0 saturated heterocycles. The third-order valence-electron chi connectivity index (χ3n) is 3.00. The van der Waals surface area contributed by atoms with Gasteiger partial charge in [-0.05, 0) is 59.3 Å². The Labute approximate surface area is 134 Å². The van der Waals surface area contributed by atoms with Gasteiger partial charge in [0.25, 0.3) is 0 Å². The highest BCUT2D eigenvalue weighted by Gasteiger charge is 2.14. The van der Waals surface area contributed by atoms with Crippen LogP contribution < -0.4 is 5.73 Å². The van der Waals surface area contributed by atoms with Crippen molar-refractivity contribution in [2.45, 2.75) is 6.92 Å². The first-order valence-electron chi connectivity index (χ1n) is 6.16. The molecule has 21 heavy (non-hydrogen) atoms. The van der Waals surface area contributed by atoms with Gasteiger partial charge in [-0.1, -0.05) is 27.5 Å². The van der Waals surface area contributed by atoms with Crippen LogP contribution in [0.2, 0.25) is 5.02 Å². The summed E-state index contributed by atoms with van der Waals surface area (Å²) < 4.78 is 2.61. The summed E-state index contributed by atoms with van der Waals surface area (Å²) in [5.74, 6) is 0.571. The first-order valence-corrected chi connectivity index (χ1v) is 7.33. The van der Waals surface area contributed by atoms with E-state index in [1.165, 1.54) is 0 Å². The van der Waals surface area contributed by atoms with Crippen LogP contribution in [0.15, 0.2) is 40.9 Å². The Kier molecular flexibility index (Phi) is 3.65. The number of aromatic nitrogens is 4. The third-order valence-corrected chi connectivity index (χ3v) is 3.69. The maximum atomic E-state index is 6.02. The first kappa shape index (κ1) is 14.0. The molecule has 0 aliphatic heterocycles. The molecule has 0 amide bonds. The van der Waals surface area contributed by atoms with Crippen molar-refractivity contribution in [2.24, 2.45) is 0 Å². The number of nitrogens with zero attached hydrogens (tertiary/aromatic N) is 4. The third kappa shape index (κ3) is 2.77. The lowest BCUT2D eigenvalue weighted by atomic mass is 10.1. The molecule has 0 aliphatic carbocycles. The van der Waals surface area contributed by atoms with Crippen molar-refractivity contribution < 1.29 is 0 Å². The number of anilines is 1. The van der Waals surface area contributed by atoms with Crippen LogP contribution in [0.3, 0.4) is 0 Å². The number of nitrogens with two attached hydrogens (primary N) is 1. The van der Waals surface area contributed by atoms with Crippen LogP contribution in [0, 0.1) is 6.92 Å². The van der Waals surface area contributed by atoms with E-state index in [-0.39, 0.29) is 0 Å². The maximum absolute atomic E-state index is 6.02. The number of halogens is 2. The highest BCUT2D eigenvalue weighted by Crippen LogP contribution is 2.28. The smallest absolute Gasteiger partial charge is 0.189 e. The van der Waals surface area contributed by atoms with E-state index in [1.54, 1.807) is 16.8 Å². The van der Waals surface area contributed by atoms with Crippen LogP contribution in [-0.4, -0.2) is 20.2 Å². The largest absolute Gasteiger partial charge is 0.398 e. The molecule has 3 aromatic rings. The Morgan fingerprint density at radius 3 is 2.71 bits per heavy atom. The second-order valence-corrected chi connectivity index (χ2v) is 5.98. The van der Waals surface area contributed by atoms with Crippen molar-refractivity contribution in [3.8, 4) is 17.1 Å². The van der Waals surface area contributed by atoms with E-state index in [9.17, 15) is 0 Å². The normalized spacial score (nSPS) is 10.8. The second-order valence-electron chi connectivity index (χ2n) is 4.63. The number of benzene rings is 2. The predicted octanol–water partition coefficient (Wildman–Crippen LogP) is 3.64. The van der Waals surface area contributed by atoms with Gasteiger partial charge >= 0.3 is 0 Å². The molecule has 0 atom stereocenters. The zero-order valence-electron chi connectivity index (χ0n) is 11.1. The molecule has 1 heterocycles. The minimum Gasteiger partial charge on any atom is -0.398 e. The predicted molar refractivity (Wildman–Crippen MR) is 86.4 cm³/mol. The molecule has 5 nitrogen and oxygen atoms in total. The second kappa shape index (κ2) is 5.46. The Balaban J connectivity index is 2.17. The van der Waals surface area contributed by atoms with Crippen LogP contribution >= 0.6 is 27.5 Å². The van der Waals surface area contributed by atoms with Crippen LogP contribution in [0.1, 0.15) is 5.56 Å². The number of hydrogen-bond donors (Lipinski definition) is 1. The zero-order chi connectivity index (χ0) is 15.0. The molecule has 0 fully saturated rings. The highest BCUT2D eigenvalue weighted by atomic mass is 79.9. The van der Waals surface area contributed by atoms with Crippen molar-refractivity contribution in [3.63, 3.8) is 0 Å². The van der Waals surface area contributed by atoms with Crippen molar-refractivity contribution in [2.75, 3.05) is 5.73 Å². The Hall–Kier alpha value is -1.92. The molecule has 1 aromatic heterocycles. The summed E-state index contributed by atoms with van der Waals surface area (Å²) in [4.78, 5) is 0. The lowest BCUT2D eigenvalue weighted by Crippen LogP contribution is -2.02. The summed E-state index contributed by atoms with van der Waals surface area (Å²) in [7, 11) is 0. The van der Waals surface area contributed by atoms with E-state index in [0.717, 1.165) is 21.3 Å². The van der Waals surface area contributed by atoms with Crippen LogP contribution in [0.25, 0.3) is 17.1 Å². The van der Waals surface area contributed by atoms with Gasteiger partial charge in [0.2, 0.25) is 0 Å². The Morgan fingerprint density at radius 1 is 1.19 bits per heavy atom. The Morgan fingerprint density at radius 2 is 2.00 bits per heavy atom. The first-order chi connectivity index (χ1) is 10.0. The van der Waals surface area contributed by atoms with Gasteiger partial charge in [-0.3, -0.25) is 0 Å². The van der Waals surface area contributed by atoms with Crippen molar-refractivity contribution >= 4 is 33.2 Å². The van der Waals surface area contributed by atoms with Gasteiger partial charge in [0.15, 0.2) is 5.82 Å². The average molecular weight is 365 g/mol. The van der Waals surface area contributed by atoms with E-state index in [2.05, 4.69) is 31.5 Å². The van der Waals surface area contributed by atoms with Gasteiger partial charge in [0.1, 0.15) is 0 Å². The minimum absolute atomic E-state index is 0.533. The number of rotatable bonds is 2. The number of nitrogen functional groups attached to an aromatic ring is 1. The molecule has 0 spiro atoms. The molecular weight excluding hydrogens is 354 g/mol. The van der Waals surface area contributed by atoms with E-state index < -0.39 is 0 Å². The summed E-state index contributed by atoms with van der Waals surface area (Å²) in [6.07, 6.45) is 0. The van der Waals surface area contributed by atoms with E-state index in [4.69, 9.17) is 17.3 Å². The van der Waals surface area contributed by atoms with Gasteiger partial charge in [0.05, 0.1) is 5.69 Å². The average Bonchev–Trinajstić information content (AvgIpc) is 2.86. The molecule has 0 aliphatic rings. The minimum atomic E-state index is 0.533. The summed E-state index contributed by atoms with van der Waals surface area (Å²) in [6.45, 7) is 2.01. The summed E-state index contributed by atoms with van der Waals surface area (Å²) in [6, 6.07) is 11.2. The van der Waals surface area contributed by atoms with Gasteiger partial charge in [-0.15, -0.1) is 5.10 Å². The van der Waals surface area contributed by atoms with Gasteiger partial charge in [-0.2, -0.15) is 4.68 Å². The number of hydrogen-bond acceptors (Lipinski definition) is 4. The monoisotopic (exact) mass is 363 g/mol. The molecule has 0 radical (unpaired) electrons. The van der Waals surface area contributed by atoms with E-state index >= 15 is 0 Å². The fourth-order valence-corrected chi connectivity index (χ4v) is 2.88. The molecule has 0 bridgehead atoms. The molecule has 0 unspecified atom stereocenters. The van der Waals surface area contributed by atoms with Crippen LogP contribution in [0.4, 0.5) is 5.69 Å². The van der Waals surface area contributed by atoms with E-state index in [0.29, 0.717) is 16.5 Å². The molecule has 2 aromatic carbocycles. The lowest BCUT2D eigenvalue weighted by molar-refractivity contribution is 0.790. The molecule has 7 heteroatoms. The maximum Gasteiger partial charge on any atom is 0.189 e. The molecule has 0 saturated carbocycles. The van der Waals surface area contributed by atoms with Crippen molar-refractivity contribution in [1.29, 1.82) is 0 Å². The fourth-order valence-electron chi connectivity index (χ4n) is 2.11. The van der Waals surface area contributed by atoms with Crippen LogP contribution in [0.5, 0.6) is 0 Å². The summed E-state index contributed by atoms with van der Waals surface area (Å²) >= 11 is 9.41. The molecule has 3 rings (SSSR count). The molecule has 2 N–H and O–H groups in total. The van der Waals surface area contributed by atoms with Gasteiger partial charge in [0, 0.05) is 20.7 Å². The molecule has 106 valence electrons. The van der Waals surface area contributed by atoms with Gasteiger partial charge in [-0.25, -0.2) is 0 Å². The topological polar surface area (TPSA) is 69.6 Å². The fraction of sp³-hybridized carbons (Fsp3) is 0.0714. The Bertz CT molecular complexity index is 795. The lowest BCUT2D eigenvalue weighted by Gasteiger charge is -2.08. The SMILES string of the molecule is Cc1cc(Br)cc(-n2nnnc2-c2ccc(Cl)cc2N)c1. The molecular formula is C14H11BrClN5. The van der Waals surface area contributed by atoms with Crippen LogP contribution in [-0.2, 0) is 0 Å². The highest BCUT2D eigenvalue weighted by molar-refractivity contribution is 9.10. The standard InChI is InChI=1S/C14H11BrClN5/c1-8-4-9(15)6-11(5-8)21-14(18-19-20-21)12-3-2-10(16)7-13(12)17/h2-7H,17H2,1H3. The van der Waals surface area contributed by atoms with Crippen molar-refractivity contribution in [3.05, 3.63) is 51.5 Å². The number of tetrazole rings is 1. The van der Waals surface area contributed by atoms with Crippen molar-refractivity contribution in [1.82, 2.24) is 20.2 Å².